The number of aromatic hydroxyl groups is 1. The van der Waals surface area contributed by atoms with Crippen molar-refractivity contribution in [1.29, 1.82) is 0 Å². The van der Waals surface area contributed by atoms with Crippen molar-refractivity contribution >= 4 is 17.7 Å². The Hall–Kier alpha value is -1.16. The van der Waals surface area contributed by atoms with Gasteiger partial charge in [0.1, 0.15) is 5.75 Å². The molecule has 1 rings (SSSR count). The normalized spacial score (nSPS) is 10.4. The number of hydrogen-bond acceptors (Lipinski definition) is 3. The molecule has 2 N–H and O–H groups in total. The van der Waals surface area contributed by atoms with Crippen molar-refractivity contribution in [3.8, 4) is 5.75 Å². The van der Waals surface area contributed by atoms with E-state index in [0.29, 0.717) is 17.3 Å². The number of aliphatic carboxylic acids is 1. The molecule has 0 aliphatic heterocycles. The first-order valence-corrected chi connectivity index (χ1v) is 6.25. The highest BCUT2D eigenvalue weighted by Crippen LogP contribution is 2.27. The molecule has 0 unspecified atom stereocenters. The number of carbonyl (C=O) groups is 1. The lowest BCUT2D eigenvalue weighted by molar-refractivity contribution is -0.136. The van der Waals surface area contributed by atoms with E-state index in [9.17, 15) is 9.90 Å². The van der Waals surface area contributed by atoms with Crippen LogP contribution in [0, 0.1) is 13.8 Å². The van der Waals surface area contributed by atoms with Gasteiger partial charge in [0.2, 0.25) is 0 Å². The highest BCUT2D eigenvalue weighted by atomic mass is 32.2. The Morgan fingerprint density at radius 1 is 1.38 bits per heavy atom. The Morgan fingerprint density at radius 3 is 2.69 bits per heavy atom. The van der Waals surface area contributed by atoms with Crippen molar-refractivity contribution in [2.45, 2.75) is 26.0 Å². The SMILES string of the molecule is Cc1cc(C)c(O)c(CSCCC(=O)O)c1. The molecule has 4 heteroatoms. The predicted octanol–water partition coefficient (Wildman–Crippen LogP) is 2.72. The predicted molar refractivity (Wildman–Crippen MR) is 66.0 cm³/mol. The summed E-state index contributed by atoms with van der Waals surface area (Å²) >= 11 is 1.53. The monoisotopic (exact) mass is 240 g/mol. The minimum absolute atomic E-state index is 0.163. The largest absolute Gasteiger partial charge is 0.507 e. The van der Waals surface area contributed by atoms with Gasteiger partial charge in [0.05, 0.1) is 6.42 Å². The van der Waals surface area contributed by atoms with Crippen LogP contribution in [0.1, 0.15) is 23.1 Å². The van der Waals surface area contributed by atoms with Crippen molar-refractivity contribution in [3.63, 3.8) is 0 Å². The lowest BCUT2D eigenvalue weighted by Crippen LogP contribution is -1.96. The molecular formula is C12H16O3S. The van der Waals surface area contributed by atoms with Crippen molar-refractivity contribution in [3.05, 3.63) is 28.8 Å². The number of phenols is 1. The van der Waals surface area contributed by atoms with Crippen molar-refractivity contribution < 1.29 is 15.0 Å². The maximum atomic E-state index is 10.3. The van der Waals surface area contributed by atoms with E-state index in [2.05, 4.69) is 0 Å². The maximum absolute atomic E-state index is 10.3. The average molecular weight is 240 g/mol. The number of carboxylic acids is 1. The minimum Gasteiger partial charge on any atom is -0.507 e. The van der Waals surface area contributed by atoms with Gasteiger partial charge in [-0.05, 0) is 19.4 Å². The first-order chi connectivity index (χ1) is 7.50. The van der Waals surface area contributed by atoms with Crippen LogP contribution in [-0.4, -0.2) is 21.9 Å². The summed E-state index contributed by atoms with van der Waals surface area (Å²) in [5.74, 6) is 0.772. The van der Waals surface area contributed by atoms with Gasteiger partial charge >= 0.3 is 5.97 Å². The summed E-state index contributed by atoms with van der Waals surface area (Å²) in [6.07, 6.45) is 0.163. The third-order valence-electron chi connectivity index (χ3n) is 2.24. The topological polar surface area (TPSA) is 57.5 Å². The Labute approximate surface area is 99.5 Å². The first-order valence-electron chi connectivity index (χ1n) is 5.09. The minimum atomic E-state index is -0.780. The zero-order valence-corrected chi connectivity index (χ0v) is 10.3. The van der Waals surface area contributed by atoms with E-state index >= 15 is 0 Å². The third-order valence-corrected chi connectivity index (χ3v) is 3.25. The molecule has 0 aliphatic rings. The summed E-state index contributed by atoms with van der Waals surface area (Å²) in [7, 11) is 0. The molecule has 3 nitrogen and oxygen atoms in total. The molecule has 0 heterocycles. The van der Waals surface area contributed by atoms with Gasteiger partial charge in [-0.3, -0.25) is 4.79 Å². The number of hydrogen-bond donors (Lipinski definition) is 2. The number of thioether (sulfide) groups is 1. The first kappa shape index (κ1) is 12.9. The van der Waals surface area contributed by atoms with Gasteiger partial charge in [0.25, 0.3) is 0 Å². The Bertz CT molecular complexity index is 388. The van der Waals surface area contributed by atoms with Crippen LogP contribution in [0.2, 0.25) is 0 Å². The van der Waals surface area contributed by atoms with Gasteiger partial charge in [-0.25, -0.2) is 0 Å². The van der Waals surface area contributed by atoms with Gasteiger partial charge in [0.15, 0.2) is 0 Å². The molecule has 0 spiro atoms. The van der Waals surface area contributed by atoms with E-state index in [0.717, 1.165) is 16.7 Å². The lowest BCUT2D eigenvalue weighted by Gasteiger charge is -2.08. The Morgan fingerprint density at radius 2 is 2.06 bits per heavy atom. The van der Waals surface area contributed by atoms with Crippen LogP contribution in [0.5, 0.6) is 5.75 Å². The fourth-order valence-corrected chi connectivity index (χ4v) is 2.40. The standard InChI is InChI=1S/C12H16O3S/c1-8-5-9(2)12(15)10(6-8)7-16-4-3-11(13)14/h5-6,15H,3-4,7H2,1-2H3,(H,13,14). The highest BCUT2D eigenvalue weighted by Gasteiger charge is 2.06. The molecule has 0 aliphatic carbocycles. The van der Waals surface area contributed by atoms with Crippen LogP contribution >= 0.6 is 11.8 Å². The zero-order valence-electron chi connectivity index (χ0n) is 9.49. The fourth-order valence-electron chi connectivity index (χ4n) is 1.50. The second-order valence-corrected chi connectivity index (χ2v) is 4.89. The molecule has 0 radical (unpaired) electrons. The number of aryl methyl sites for hydroxylation is 2. The van der Waals surface area contributed by atoms with Crippen LogP contribution in [0.4, 0.5) is 0 Å². The van der Waals surface area contributed by atoms with E-state index in [1.165, 1.54) is 11.8 Å². The second-order valence-electron chi connectivity index (χ2n) is 3.79. The fraction of sp³-hybridized carbons (Fsp3) is 0.417. The Balaban J connectivity index is 2.57. The summed E-state index contributed by atoms with van der Waals surface area (Å²) in [4.78, 5) is 10.3. The summed E-state index contributed by atoms with van der Waals surface area (Å²) < 4.78 is 0. The zero-order chi connectivity index (χ0) is 12.1. The van der Waals surface area contributed by atoms with Crippen molar-refractivity contribution in [2.24, 2.45) is 0 Å². The maximum Gasteiger partial charge on any atom is 0.304 e. The van der Waals surface area contributed by atoms with Gasteiger partial charge < -0.3 is 10.2 Å². The molecule has 0 saturated heterocycles. The summed E-state index contributed by atoms with van der Waals surface area (Å²) in [6.45, 7) is 3.85. The van der Waals surface area contributed by atoms with E-state index < -0.39 is 5.97 Å². The van der Waals surface area contributed by atoms with Gasteiger partial charge in [-0.1, -0.05) is 17.7 Å². The number of rotatable bonds is 5. The molecular weight excluding hydrogens is 224 g/mol. The van der Waals surface area contributed by atoms with Crippen LogP contribution in [0.15, 0.2) is 12.1 Å². The van der Waals surface area contributed by atoms with Crippen LogP contribution < -0.4 is 0 Å². The molecule has 1 aromatic carbocycles. The molecule has 0 fully saturated rings. The van der Waals surface area contributed by atoms with Crippen LogP contribution in [-0.2, 0) is 10.5 Å². The molecule has 16 heavy (non-hydrogen) atoms. The third kappa shape index (κ3) is 3.77. The highest BCUT2D eigenvalue weighted by molar-refractivity contribution is 7.98. The molecule has 0 atom stereocenters. The second kappa shape index (κ2) is 5.80. The molecule has 0 aromatic heterocycles. The lowest BCUT2D eigenvalue weighted by atomic mass is 10.1. The van der Waals surface area contributed by atoms with E-state index in [-0.39, 0.29) is 6.42 Å². The number of benzene rings is 1. The van der Waals surface area contributed by atoms with Crippen molar-refractivity contribution in [1.82, 2.24) is 0 Å². The van der Waals surface area contributed by atoms with E-state index in [4.69, 9.17) is 5.11 Å². The van der Waals surface area contributed by atoms with Gasteiger partial charge in [-0.15, -0.1) is 0 Å². The molecule has 0 bridgehead atoms. The average Bonchev–Trinajstić information content (AvgIpc) is 2.19. The quantitative estimate of drug-likeness (QED) is 0.777. The molecule has 1 aromatic rings. The van der Waals surface area contributed by atoms with E-state index in [1.807, 2.05) is 26.0 Å². The van der Waals surface area contributed by atoms with Crippen LogP contribution in [0.25, 0.3) is 0 Å². The van der Waals surface area contributed by atoms with E-state index in [1.54, 1.807) is 0 Å². The summed E-state index contributed by atoms with van der Waals surface area (Å²) in [5.41, 5.74) is 2.87. The summed E-state index contributed by atoms with van der Waals surface area (Å²) in [6, 6.07) is 3.87. The Kier molecular flexibility index (Phi) is 4.68. The van der Waals surface area contributed by atoms with Gasteiger partial charge in [-0.2, -0.15) is 11.8 Å². The molecule has 88 valence electrons. The smallest absolute Gasteiger partial charge is 0.304 e. The van der Waals surface area contributed by atoms with Gasteiger partial charge in [0, 0.05) is 17.1 Å². The number of phenolic OH excluding ortho intramolecular Hbond substituents is 1. The number of carboxylic acid groups (broad SMARTS) is 1. The molecule has 0 amide bonds. The van der Waals surface area contributed by atoms with Crippen molar-refractivity contribution in [2.75, 3.05) is 5.75 Å². The molecule has 0 saturated carbocycles. The van der Waals surface area contributed by atoms with Crippen LogP contribution in [0.3, 0.4) is 0 Å². The summed E-state index contributed by atoms with van der Waals surface area (Å²) in [5, 5.41) is 18.3.